The predicted octanol–water partition coefficient (Wildman–Crippen LogP) is 4.08. The van der Waals surface area contributed by atoms with Crippen molar-refractivity contribution in [2.45, 2.75) is 62.8 Å². The summed E-state index contributed by atoms with van der Waals surface area (Å²) < 4.78 is 42.1. The quantitative estimate of drug-likeness (QED) is 0.709. The predicted molar refractivity (Wildman–Crippen MR) is 122 cm³/mol. The van der Waals surface area contributed by atoms with Crippen molar-refractivity contribution in [3.8, 4) is 0 Å². The van der Waals surface area contributed by atoms with E-state index >= 15 is 0 Å². The van der Waals surface area contributed by atoms with Gasteiger partial charge in [-0.15, -0.1) is 0 Å². The molecule has 0 saturated carbocycles. The summed E-state index contributed by atoms with van der Waals surface area (Å²) in [7, 11) is 2.55. The fourth-order valence-electron chi connectivity index (χ4n) is 5.12. The van der Waals surface area contributed by atoms with Gasteiger partial charge in [0.2, 0.25) is 11.8 Å². The molecule has 4 rings (SSSR count). The smallest absolute Gasteiger partial charge is 0.380 e. The second-order valence-electron chi connectivity index (χ2n) is 9.70. The maximum Gasteiger partial charge on any atom is 0.414 e. The fourth-order valence-corrected chi connectivity index (χ4v) is 5.12. The van der Waals surface area contributed by atoms with Gasteiger partial charge in [-0.2, -0.15) is 13.2 Å². The van der Waals surface area contributed by atoms with Crippen LogP contribution in [0, 0.1) is 0 Å². The van der Waals surface area contributed by atoms with Gasteiger partial charge in [-0.05, 0) is 36.1 Å². The highest BCUT2D eigenvalue weighted by atomic mass is 19.4. The van der Waals surface area contributed by atoms with Gasteiger partial charge >= 0.3 is 6.18 Å². The summed E-state index contributed by atoms with van der Waals surface area (Å²) in [4.78, 5) is 30.6. The molecule has 6 nitrogen and oxygen atoms in total. The normalized spacial score (nSPS) is 22.4. The Labute approximate surface area is 197 Å². The highest BCUT2D eigenvalue weighted by Crippen LogP contribution is 2.41. The van der Waals surface area contributed by atoms with E-state index in [1.807, 2.05) is 12.1 Å². The van der Waals surface area contributed by atoms with Crippen LogP contribution in [0.15, 0.2) is 42.6 Å². The maximum absolute atomic E-state index is 14.0. The summed E-state index contributed by atoms with van der Waals surface area (Å²) in [5, 5.41) is 3.42. The first-order valence-corrected chi connectivity index (χ1v) is 11.3. The number of aromatic nitrogens is 1. The SMILES string of the molecule is CN1C(=O)CCC1C(=O)N(C)[C@@H](c1ccc(N[C@H]2Cc3ccccc3C2(C)C)cn1)C(F)(F)F. The zero-order chi connectivity index (χ0) is 24.8. The molecule has 0 spiro atoms. The number of hydrogen-bond acceptors (Lipinski definition) is 4. The zero-order valence-corrected chi connectivity index (χ0v) is 19.7. The molecule has 1 aliphatic heterocycles. The molecule has 0 radical (unpaired) electrons. The molecule has 1 fully saturated rings. The van der Waals surface area contributed by atoms with Gasteiger partial charge in [0.15, 0.2) is 6.04 Å². The lowest BCUT2D eigenvalue weighted by Crippen LogP contribution is -2.48. The number of carbonyl (C=O) groups is 2. The van der Waals surface area contributed by atoms with Crippen molar-refractivity contribution in [1.29, 1.82) is 0 Å². The molecule has 1 N–H and O–H groups in total. The van der Waals surface area contributed by atoms with Crippen molar-refractivity contribution in [3.63, 3.8) is 0 Å². The van der Waals surface area contributed by atoms with Crippen LogP contribution in [0.2, 0.25) is 0 Å². The third kappa shape index (κ3) is 4.23. The number of amides is 2. The van der Waals surface area contributed by atoms with Crippen LogP contribution in [0.3, 0.4) is 0 Å². The Kier molecular flexibility index (Phi) is 6.08. The van der Waals surface area contributed by atoms with Crippen molar-refractivity contribution >= 4 is 17.5 Å². The van der Waals surface area contributed by atoms with Crippen LogP contribution in [0.4, 0.5) is 18.9 Å². The molecule has 2 aromatic rings. The van der Waals surface area contributed by atoms with Gasteiger partial charge in [-0.1, -0.05) is 38.1 Å². The highest BCUT2D eigenvalue weighted by molar-refractivity contribution is 5.90. The Hall–Kier alpha value is -3.10. The minimum absolute atomic E-state index is 0.0654. The van der Waals surface area contributed by atoms with E-state index < -0.39 is 24.2 Å². The number of nitrogens with zero attached hydrogens (tertiary/aromatic N) is 3. The standard InChI is InChI=1S/C25H29F3N4O2/c1-24(2)17-8-6-5-7-15(17)13-20(24)30-16-9-10-18(29-14-16)22(25(26,27)28)32(4)23(34)19-11-12-21(33)31(19)3/h5-10,14,19-20,22,30H,11-13H2,1-4H3/t19?,20-,22-/m0/s1. The van der Waals surface area contributed by atoms with Gasteiger partial charge in [0, 0.05) is 32.0 Å². The lowest BCUT2D eigenvalue weighted by Gasteiger charge is -2.33. The van der Waals surface area contributed by atoms with Crippen LogP contribution in [0.25, 0.3) is 0 Å². The Bertz CT molecular complexity index is 1080. The molecule has 1 unspecified atom stereocenters. The zero-order valence-electron chi connectivity index (χ0n) is 19.7. The lowest BCUT2D eigenvalue weighted by molar-refractivity contribution is -0.191. The van der Waals surface area contributed by atoms with E-state index in [2.05, 4.69) is 36.3 Å². The molecule has 2 aliphatic rings. The molecule has 1 saturated heterocycles. The van der Waals surface area contributed by atoms with Crippen LogP contribution in [-0.2, 0) is 21.4 Å². The van der Waals surface area contributed by atoms with Crippen LogP contribution < -0.4 is 5.32 Å². The number of rotatable bonds is 5. The van der Waals surface area contributed by atoms with Crippen molar-refractivity contribution < 1.29 is 22.8 Å². The maximum atomic E-state index is 14.0. The summed E-state index contributed by atoms with van der Waals surface area (Å²) in [5.41, 5.74) is 2.70. The number of anilines is 1. The number of likely N-dealkylation sites (tertiary alicyclic amines) is 1. The largest absolute Gasteiger partial charge is 0.414 e. The van der Waals surface area contributed by atoms with Crippen LogP contribution in [0.1, 0.15) is 49.6 Å². The molecule has 0 bridgehead atoms. The third-order valence-corrected chi connectivity index (χ3v) is 7.24. The number of benzene rings is 1. The number of nitrogens with one attached hydrogen (secondary N) is 1. The number of likely N-dealkylation sites (N-methyl/N-ethyl adjacent to an activating group) is 2. The Balaban J connectivity index is 1.53. The van der Waals surface area contributed by atoms with Gasteiger partial charge in [0.25, 0.3) is 0 Å². The fraction of sp³-hybridized carbons (Fsp3) is 0.480. The van der Waals surface area contributed by atoms with E-state index in [0.29, 0.717) is 10.6 Å². The number of halogens is 3. The molecule has 1 aromatic carbocycles. The third-order valence-electron chi connectivity index (χ3n) is 7.24. The molecule has 3 atom stereocenters. The summed E-state index contributed by atoms with van der Waals surface area (Å²) in [6.45, 7) is 4.28. The molecular weight excluding hydrogens is 445 g/mol. The monoisotopic (exact) mass is 474 g/mol. The van der Waals surface area contributed by atoms with E-state index in [-0.39, 0.29) is 35.9 Å². The van der Waals surface area contributed by atoms with Crippen molar-refractivity contribution in [2.75, 3.05) is 19.4 Å². The summed E-state index contributed by atoms with van der Waals surface area (Å²) in [6.07, 6.45) is -2.17. The number of carbonyl (C=O) groups excluding carboxylic acids is 2. The molecule has 182 valence electrons. The Morgan fingerprint density at radius 3 is 2.50 bits per heavy atom. The number of hydrogen-bond donors (Lipinski definition) is 1. The van der Waals surface area contributed by atoms with Gasteiger partial charge in [0.1, 0.15) is 6.04 Å². The molecule has 34 heavy (non-hydrogen) atoms. The van der Waals surface area contributed by atoms with E-state index in [1.54, 1.807) is 6.07 Å². The average molecular weight is 475 g/mol. The average Bonchev–Trinajstić information content (AvgIpc) is 3.24. The highest BCUT2D eigenvalue weighted by Gasteiger charge is 2.48. The number of alkyl halides is 3. The van der Waals surface area contributed by atoms with E-state index in [0.717, 1.165) is 13.5 Å². The molecular formula is C25H29F3N4O2. The lowest BCUT2D eigenvalue weighted by atomic mass is 9.83. The van der Waals surface area contributed by atoms with Crippen molar-refractivity contribution in [1.82, 2.24) is 14.8 Å². The molecule has 9 heteroatoms. The number of pyridine rings is 1. The minimum atomic E-state index is -4.72. The first-order valence-electron chi connectivity index (χ1n) is 11.3. The van der Waals surface area contributed by atoms with Gasteiger partial charge in [0.05, 0.1) is 17.6 Å². The van der Waals surface area contributed by atoms with E-state index in [4.69, 9.17) is 0 Å². The van der Waals surface area contributed by atoms with Crippen molar-refractivity contribution in [3.05, 3.63) is 59.4 Å². The van der Waals surface area contributed by atoms with Crippen LogP contribution in [0.5, 0.6) is 0 Å². The summed E-state index contributed by atoms with van der Waals surface area (Å²) in [5.74, 6) is -0.994. The minimum Gasteiger partial charge on any atom is -0.380 e. The topological polar surface area (TPSA) is 65.5 Å². The van der Waals surface area contributed by atoms with Crippen molar-refractivity contribution in [2.24, 2.45) is 0 Å². The van der Waals surface area contributed by atoms with Gasteiger partial charge in [-0.3, -0.25) is 14.6 Å². The summed E-state index contributed by atoms with van der Waals surface area (Å²) >= 11 is 0. The van der Waals surface area contributed by atoms with Crippen LogP contribution in [-0.4, -0.2) is 59.0 Å². The molecule has 2 amide bonds. The summed E-state index contributed by atoms with van der Waals surface area (Å²) in [6, 6.07) is 8.06. The van der Waals surface area contributed by atoms with Gasteiger partial charge < -0.3 is 15.1 Å². The first-order chi connectivity index (χ1) is 15.9. The second-order valence-corrected chi connectivity index (χ2v) is 9.70. The molecule has 1 aliphatic carbocycles. The van der Waals surface area contributed by atoms with Crippen LogP contribution >= 0.6 is 0 Å². The molecule has 2 heterocycles. The van der Waals surface area contributed by atoms with Gasteiger partial charge in [-0.25, -0.2) is 0 Å². The Morgan fingerprint density at radius 1 is 1.24 bits per heavy atom. The van der Waals surface area contributed by atoms with E-state index in [9.17, 15) is 22.8 Å². The molecule has 1 aromatic heterocycles. The first kappa shape index (κ1) is 24.0. The Morgan fingerprint density at radius 2 is 1.94 bits per heavy atom. The van der Waals surface area contributed by atoms with E-state index in [1.165, 1.54) is 35.3 Å². The number of fused-ring (bicyclic) bond motifs is 1. The second kappa shape index (κ2) is 8.60.